The van der Waals surface area contributed by atoms with Crippen molar-refractivity contribution >= 4 is 12.2 Å². The summed E-state index contributed by atoms with van der Waals surface area (Å²) in [5.41, 5.74) is 2.06. The summed E-state index contributed by atoms with van der Waals surface area (Å²) in [6.45, 7) is 0.645. The molecule has 22 heavy (non-hydrogen) atoms. The molecule has 1 fully saturated rings. The van der Waals surface area contributed by atoms with Gasteiger partial charge in [0.25, 0.3) is 0 Å². The average Bonchev–Trinajstić information content (AvgIpc) is 2.61. The zero-order valence-electron chi connectivity index (χ0n) is 12.6. The Bertz CT molecular complexity index is 573. The summed E-state index contributed by atoms with van der Waals surface area (Å²) >= 11 is 0. The smallest absolute Gasteiger partial charge is 0.210 e. The molecule has 2 aliphatic rings. The number of rotatable bonds is 5. The lowest BCUT2D eigenvalue weighted by Crippen LogP contribution is -2.35. The van der Waals surface area contributed by atoms with Gasteiger partial charge in [0, 0.05) is 18.2 Å². The monoisotopic (exact) mass is 299 g/mol. The van der Waals surface area contributed by atoms with E-state index in [0.717, 1.165) is 30.4 Å². The van der Waals surface area contributed by atoms with Gasteiger partial charge in [-0.15, -0.1) is 0 Å². The van der Waals surface area contributed by atoms with Gasteiger partial charge in [-0.1, -0.05) is 37.5 Å². The summed E-state index contributed by atoms with van der Waals surface area (Å²) < 4.78 is 10.6. The van der Waals surface area contributed by atoms with Crippen LogP contribution in [0.3, 0.4) is 0 Å². The van der Waals surface area contributed by atoms with Crippen LogP contribution < -0.4 is 0 Å². The Morgan fingerprint density at radius 3 is 2.77 bits per heavy atom. The van der Waals surface area contributed by atoms with Crippen molar-refractivity contribution in [2.75, 3.05) is 0 Å². The second-order valence-corrected chi connectivity index (χ2v) is 5.78. The fourth-order valence-corrected chi connectivity index (χ4v) is 3.10. The Labute approximate surface area is 131 Å². The molecule has 1 amide bonds. The molecule has 1 aromatic rings. The third-order valence-corrected chi connectivity index (χ3v) is 4.26. The van der Waals surface area contributed by atoms with Crippen LogP contribution >= 0.6 is 0 Å². The van der Waals surface area contributed by atoms with Crippen molar-refractivity contribution in [2.24, 2.45) is 0 Å². The molecular formula is C18H21NO3. The van der Waals surface area contributed by atoms with Crippen molar-refractivity contribution in [2.45, 2.75) is 44.7 Å². The minimum Gasteiger partial charge on any atom is -0.465 e. The fourth-order valence-electron chi connectivity index (χ4n) is 3.10. The predicted octanol–water partition coefficient (Wildman–Crippen LogP) is 3.79. The molecule has 0 bridgehead atoms. The van der Waals surface area contributed by atoms with E-state index in [2.05, 4.69) is 0 Å². The molecular weight excluding hydrogens is 278 g/mol. The fraction of sp³-hybridized carbons (Fsp3) is 0.389. The number of carbonyl (C=O) groups is 1. The van der Waals surface area contributed by atoms with E-state index in [1.54, 1.807) is 6.26 Å². The van der Waals surface area contributed by atoms with E-state index in [-0.39, 0.29) is 0 Å². The lowest BCUT2D eigenvalue weighted by Gasteiger charge is -2.31. The van der Waals surface area contributed by atoms with Gasteiger partial charge in [-0.25, -0.2) is 0 Å². The zero-order chi connectivity index (χ0) is 15.2. The number of amides is 1. The van der Waals surface area contributed by atoms with Crippen LogP contribution in [0.2, 0.25) is 0 Å². The number of benzene rings is 1. The van der Waals surface area contributed by atoms with E-state index in [4.69, 9.17) is 9.47 Å². The first-order valence-corrected chi connectivity index (χ1v) is 7.84. The van der Waals surface area contributed by atoms with Crippen LogP contribution in [0.1, 0.15) is 43.2 Å². The maximum Gasteiger partial charge on any atom is 0.210 e. The van der Waals surface area contributed by atoms with Gasteiger partial charge in [-0.05, 0) is 24.5 Å². The second kappa shape index (κ2) is 7.16. The molecule has 116 valence electrons. The maximum absolute atomic E-state index is 11.5. The van der Waals surface area contributed by atoms with Gasteiger partial charge in [0.2, 0.25) is 6.41 Å². The van der Waals surface area contributed by atoms with Crippen LogP contribution in [0.15, 0.2) is 43.1 Å². The number of hydrogen-bond acceptors (Lipinski definition) is 3. The minimum absolute atomic E-state index is 0.381. The molecule has 1 saturated carbocycles. The van der Waals surface area contributed by atoms with Crippen molar-refractivity contribution in [1.29, 1.82) is 0 Å². The molecule has 3 rings (SSSR count). The van der Waals surface area contributed by atoms with Gasteiger partial charge in [-0.3, -0.25) is 4.79 Å². The van der Waals surface area contributed by atoms with E-state index in [0.29, 0.717) is 18.3 Å². The van der Waals surface area contributed by atoms with E-state index >= 15 is 0 Å². The molecule has 0 radical (unpaired) electrons. The molecule has 1 heterocycles. The van der Waals surface area contributed by atoms with E-state index in [9.17, 15) is 4.79 Å². The lowest BCUT2D eigenvalue weighted by atomic mass is 9.94. The van der Waals surface area contributed by atoms with Gasteiger partial charge in [-0.2, -0.15) is 0 Å². The van der Waals surface area contributed by atoms with Crippen molar-refractivity contribution in [3.05, 3.63) is 54.2 Å². The number of ether oxygens (including phenoxy) is 2. The summed E-state index contributed by atoms with van der Waals surface area (Å²) in [5, 5.41) is 0. The maximum atomic E-state index is 11.5. The molecule has 1 aliphatic heterocycles. The van der Waals surface area contributed by atoms with Gasteiger partial charge in [0.15, 0.2) is 5.76 Å². The van der Waals surface area contributed by atoms with Crippen LogP contribution in [0.4, 0.5) is 0 Å². The highest BCUT2D eigenvalue weighted by Crippen LogP contribution is 2.25. The Balaban J connectivity index is 1.71. The first kappa shape index (κ1) is 14.7. The topological polar surface area (TPSA) is 38.8 Å². The number of carbonyl (C=O) groups excluding carboxylic acids is 1. The van der Waals surface area contributed by atoms with Crippen LogP contribution in [0, 0.1) is 0 Å². The molecule has 0 atom stereocenters. The highest BCUT2D eigenvalue weighted by molar-refractivity contribution is 5.60. The van der Waals surface area contributed by atoms with Crippen LogP contribution in [-0.2, 0) is 20.8 Å². The van der Waals surface area contributed by atoms with Crippen LogP contribution in [0.25, 0.3) is 5.76 Å². The van der Waals surface area contributed by atoms with E-state index in [1.807, 2.05) is 29.2 Å². The van der Waals surface area contributed by atoms with E-state index in [1.165, 1.54) is 31.8 Å². The highest BCUT2D eigenvalue weighted by atomic mass is 16.5. The summed E-state index contributed by atoms with van der Waals surface area (Å²) in [6.07, 6.45) is 11.5. The van der Waals surface area contributed by atoms with E-state index < -0.39 is 0 Å². The van der Waals surface area contributed by atoms with Crippen molar-refractivity contribution in [1.82, 2.24) is 4.90 Å². The molecule has 0 unspecified atom stereocenters. The Kier molecular flexibility index (Phi) is 4.78. The Morgan fingerprint density at radius 2 is 2.05 bits per heavy atom. The van der Waals surface area contributed by atoms with Crippen LogP contribution in [-0.4, -0.2) is 17.4 Å². The molecule has 4 heteroatoms. The largest absolute Gasteiger partial charge is 0.465 e. The quantitative estimate of drug-likeness (QED) is 0.776. The lowest BCUT2D eigenvalue weighted by molar-refractivity contribution is -0.121. The summed E-state index contributed by atoms with van der Waals surface area (Å²) in [4.78, 5) is 13.4. The Morgan fingerprint density at radius 1 is 1.18 bits per heavy atom. The van der Waals surface area contributed by atoms with Gasteiger partial charge >= 0.3 is 0 Å². The zero-order valence-corrected chi connectivity index (χ0v) is 12.6. The summed E-state index contributed by atoms with van der Waals surface area (Å²) in [5.74, 6) is 0.680. The van der Waals surface area contributed by atoms with Crippen molar-refractivity contribution in [3.8, 4) is 0 Å². The number of nitrogens with zero attached hydrogens (tertiary/aromatic N) is 1. The van der Waals surface area contributed by atoms with Crippen LogP contribution in [0.5, 0.6) is 0 Å². The number of hydrogen-bond donors (Lipinski definition) is 0. The third-order valence-electron chi connectivity index (χ3n) is 4.26. The van der Waals surface area contributed by atoms with Crippen molar-refractivity contribution < 1.29 is 14.3 Å². The highest BCUT2D eigenvalue weighted by Gasteiger charge is 2.20. The predicted molar refractivity (Wildman–Crippen MR) is 84.2 cm³/mol. The van der Waals surface area contributed by atoms with Gasteiger partial charge < -0.3 is 14.4 Å². The first-order valence-electron chi connectivity index (χ1n) is 7.84. The Hall–Kier alpha value is -2.23. The standard InChI is InChI=1S/C18H21NO3/c20-14-19(17-7-2-1-3-8-17)12-15-5-4-6-16(11-15)18-13-21-9-10-22-18/h4-6,9-11,13-14,17H,1-3,7-8,12H2. The second-order valence-electron chi connectivity index (χ2n) is 5.78. The normalized spacial score (nSPS) is 18.1. The third kappa shape index (κ3) is 3.50. The molecule has 1 aromatic carbocycles. The molecule has 4 nitrogen and oxygen atoms in total. The molecule has 0 spiro atoms. The summed E-state index contributed by atoms with van der Waals surface area (Å²) in [7, 11) is 0. The molecule has 0 aromatic heterocycles. The molecule has 0 N–H and O–H groups in total. The van der Waals surface area contributed by atoms with Gasteiger partial charge in [0.05, 0.1) is 0 Å². The average molecular weight is 299 g/mol. The first-order chi connectivity index (χ1) is 10.9. The SMILES string of the molecule is O=CN(Cc1cccc(C2=COC=CO2)c1)C1CCCCC1. The molecule has 0 saturated heterocycles. The van der Waals surface area contributed by atoms with Gasteiger partial charge in [0.1, 0.15) is 18.8 Å². The van der Waals surface area contributed by atoms with Crippen molar-refractivity contribution in [3.63, 3.8) is 0 Å². The summed E-state index contributed by atoms with van der Waals surface area (Å²) in [6, 6.07) is 8.43. The minimum atomic E-state index is 0.381. The molecule has 1 aliphatic carbocycles.